The Hall–Kier alpha value is -1.61. The number of nitrogens with zero attached hydrogens (tertiary/aromatic N) is 1. The molecule has 2 rings (SSSR count). The summed E-state index contributed by atoms with van der Waals surface area (Å²) >= 11 is 1.60. The summed E-state index contributed by atoms with van der Waals surface area (Å²) in [4.78, 5) is 16.3. The van der Waals surface area contributed by atoms with Gasteiger partial charge in [0.2, 0.25) is 0 Å². The molecule has 1 aromatic carbocycles. The topological polar surface area (TPSA) is 20.3 Å². The molecule has 3 heteroatoms. The molecule has 0 unspecified atom stereocenters. The Balaban J connectivity index is 2.04. The van der Waals surface area contributed by atoms with Crippen molar-refractivity contribution in [3.63, 3.8) is 0 Å². The van der Waals surface area contributed by atoms with Crippen LogP contribution in [-0.4, -0.2) is 19.4 Å². The first-order chi connectivity index (χ1) is 9.10. The van der Waals surface area contributed by atoms with Crippen molar-refractivity contribution in [3.8, 4) is 0 Å². The Labute approximate surface area is 118 Å². The number of anilines is 1. The highest BCUT2D eigenvalue weighted by Gasteiger charge is 2.12. The van der Waals surface area contributed by atoms with Crippen LogP contribution in [0.25, 0.3) is 0 Å². The quantitative estimate of drug-likeness (QED) is 0.769. The van der Waals surface area contributed by atoms with Gasteiger partial charge in [0.1, 0.15) is 0 Å². The van der Waals surface area contributed by atoms with Gasteiger partial charge in [-0.05, 0) is 37.6 Å². The number of Topliss-reactive ketones (excluding diaryl/α,β-unsaturated/α-hetero) is 1. The van der Waals surface area contributed by atoms with Crippen molar-refractivity contribution >= 4 is 22.8 Å². The van der Waals surface area contributed by atoms with E-state index in [9.17, 15) is 4.79 Å². The highest BCUT2D eigenvalue weighted by atomic mass is 32.1. The van der Waals surface area contributed by atoms with Crippen LogP contribution in [0, 0.1) is 6.92 Å². The molecular weight excluding hydrogens is 254 g/mol. The lowest BCUT2D eigenvalue weighted by Gasteiger charge is -2.18. The van der Waals surface area contributed by atoms with Crippen LogP contribution in [0.4, 0.5) is 5.69 Å². The summed E-state index contributed by atoms with van der Waals surface area (Å²) in [6.45, 7) is 4.60. The lowest BCUT2D eigenvalue weighted by molar-refractivity contribution is 0.100. The lowest BCUT2D eigenvalue weighted by Crippen LogP contribution is -2.25. The Morgan fingerprint density at radius 2 is 1.84 bits per heavy atom. The van der Waals surface area contributed by atoms with E-state index in [4.69, 9.17) is 0 Å². The molecule has 1 heterocycles. The summed E-state index contributed by atoms with van der Waals surface area (Å²) in [5.74, 6) is 0.188. The number of ketones is 1. The number of carbonyl (C=O) groups is 1. The van der Waals surface area contributed by atoms with Gasteiger partial charge in [-0.1, -0.05) is 24.6 Å². The van der Waals surface area contributed by atoms with Gasteiger partial charge in [0.05, 0.1) is 11.4 Å². The Kier molecular flexibility index (Phi) is 4.38. The summed E-state index contributed by atoms with van der Waals surface area (Å²) in [5.41, 5.74) is 2.31. The normalized spacial score (nSPS) is 10.5. The molecule has 2 aromatic rings. The summed E-state index contributed by atoms with van der Waals surface area (Å²) in [7, 11) is 1.96. The Morgan fingerprint density at radius 1 is 1.16 bits per heavy atom. The molecular formula is C16H19NOS. The fraction of sp³-hybridized carbons (Fsp3) is 0.312. The van der Waals surface area contributed by atoms with Crippen LogP contribution in [0.5, 0.6) is 0 Å². The number of benzene rings is 1. The molecule has 100 valence electrons. The van der Waals surface area contributed by atoms with Gasteiger partial charge >= 0.3 is 0 Å². The van der Waals surface area contributed by atoms with Crippen LogP contribution < -0.4 is 4.90 Å². The third kappa shape index (κ3) is 3.44. The van der Waals surface area contributed by atoms with E-state index in [0.29, 0.717) is 6.54 Å². The predicted octanol–water partition coefficient (Wildman–Crippen LogP) is 3.94. The van der Waals surface area contributed by atoms with Gasteiger partial charge in [0, 0.05) is 17.6 Å². The van der Waals surface area contributed by atoms with Crippen LogP contribution >= 0.6 is 11.3 Å². The van der Waals surface area contributed by atoms with Gasteiger partial charge in [-0.2, -0.15) is 0 Å². The highest BCUT2D eigenvalue weighted by molar-refractivity contribution is 7.14. The number of rotatable bonds is 5. The first-order valence-corrected chi connectivity index (χ1v) is 7.31. The maximum Gasteiger partial charge on any atom is 0.191 e. The smallest absolute Gasteiger partial charge is 0.191 e. The molecule has 0 amide bonds. The van der Waals surface area contributed by atoms with Crippen molar-refractivity contribution in [1.29, 1.82) is 0 Å². The number of hydrogen-bond donors (Lipinski definition) is 0. The molecule has 0 atom stereocenters. The van der Waals surface area contributed by atoms with Crippen LogP contribution in [0.2, 0.25) is 0 Å². The summed E-state index contributed by atoms with van der Waals surface area (Å²) in [6.07, 6.45) is 0.992. The zero-order chi connectivity index (χ0) is 13.8. The molecule has 0 saturated heterocycles. The Bertz CT molecular complexity index is 556. The van der Waals surface area contributed by atoms with Crippen molar-refractivity contribution in [3.05, 3.63) is 51.7 Å². The summed E-state index contributed by atoms with van der Waals surface area (Å²) in [6, 6.07) is 12.2. The van der Waals surface area contributed by atoms with Crippen LogP contribution in [-0.2, 0) is 6.42 Å². The van der Waals surface area contributed by atoms with E-state index < -0.39 is 0 Å². The predicted molar refractivity (Wildman–Crippen MR) is 82.5 cm³/mol. The molecule has 0 N–H and O–H groups in total. The van der Waals surface area contributed by atoms with E-state index in [1.54, 1.807) is 11.3 Å². The molecule has 0 radical (unpaired) electrons. The molecule has 0 saturated carbocycles. The van der Waals surface area contributed by atoms with Crippen LogP contribution in [0.15, 0.2) is 36.4 Å². The molecule has 0 aliphatic rings. The average Bonchev–Trinajstić information content (AvgIpc) is 2.88. The fourth-order valence-corrected chi connectivity index (χ4v) is 2.78. The zero-order valence-corrected chi connectivity index (χ0v) is 12.5. The van der Waals surface area contributed by atoms with E-state index >= 15 is 0 Å². The third-order valence-corrected chi connectivity index (χ3v) is 4.41. The molecule has 0 spiro atoms. The Morgan fingerprint density at radius 3 is 2.42 bits per heavy atom. The molecule has 0 aliphatic carbocycles. The number of likely N-dealkylation sites (N-methyl/N-ethyl adjacent to an activating group) is 1. The van der Waals surface area contributed by atoms with Gasteiger partial charge in [0.25, 0.3) is 0 Å². The van der Waals surface area contributed by atoms with E-state index in [0.717, 1.165) is 17.0 Å². The minimum absolute atomic E-state index is 0.188. The average molecular weight is 273 g/mol. The molecule has 1 aromatic heterocycles. The van der Waals surface area contributed by atoms with Gasteiger partial charge < -0.3 is 4.90 Å². The van der Waals surface area contributed by atoms with E-state index in [2.05, 4.69) is 38.1 Å². The van der Waals surface area contributed by atoms with E-state index in [-0.39, 0.29) is 5.78 Å². The lowest BCUT2D eigenvalue weighted by atomic mass is 10.2. The van der Waals surface area contributed by atoms with Crippen LogP contribution in [0.1, 0.15) is 27.0 Å². The number of hydrogen-bond acceptors (Lipinski definition) is 3. The monoisotopic (exact) mass is 273 g/mol. The second kappa shape index (κ2) is 6.02. The first-order valence-electron chi connectivity index (χ1n) is 6.50. The van der Waals surface area contributed by atoms with E-state index in [1.165, 1.54) is 10.4 Å². The second-order valence-electron chi connectivity index (χ2n) is 4.73. The minimum atomic E-state index is 0.188. The maximum absolute atomic E-state index is 12.2. The number of thiophene rings is 1. The highest BCUT2D eigenvalue weighted by Crippen LogP contribution is 2.19. The number of aryl methyl sites for hydroxylation is 2. The standard InChI is InChI=1S/C16H19NOS/c1-4-14-9-10-16(19-14)15(18)11-17(3)13-7-5-12(2)6-8-13/h5-10H,4,11H2,1-3H3. The summed E-state index contributed by atoms with van der Waals surface area (Å²) < 4.78 is 0. The van der Waals surface area contributed by atoms with Crippen molar-refractivity contribution in [2.45, 2.75) is 20.3 Å². The van der Waals surface area contributed by atoms with Crippen molar-refractivity contribution < 1.29 is 4.79 Å². The summed E-state index contributed by atoms with van der Waals surface area (Å²) in [5, 5.41) is 0. The molecule has 0 fully saturated rings. The van der Waals surface area contributed by atoms with Crippen molar-refractivity contribution in [2.24, 2.45) is 0 Å². The molecule has 0 bridgehead atoms. The van der Waals surface area contributed by atoms with Crippen LogP contribution in [0.3, 0.4) is 0 Å². The van der Waals surface area contributed by atoms with Crippen molar-refractivity contribution in [2.75, 3.05) is 18.5 Å². The SMILES string of the molecule is CCc1ccc(C(=O)CN(C)c2ccc(C)cc2)s1. The largest absolute Gasteiger partial charge is 0.367 e. The molecule has 0 aliphatic heterocycles. The van der Waals surface area contributed by atoms with Gasteiger partial charge in [-0.3, -0.25) is 4.79 Å². The third-order valence-electron chi connectivity index (χ3n) is 3.14. The maximum atomic E-state index is 12.2. The van der Waals surface area contributed by atoms with Gasteiger partial charge in [0.15, 0.2) is 5.78 Å². The zero-order valence-electron chi connectivity index (χ0n) is 11.6. The van der Waals surface area contributed by atoms with Gasteiger partial charge in [-0.15, -0.1) is 11.3 Å². The second-order valence-corrected chi connectivity index (χ2v) is 5.90. The van der Waals surface area contributed by atoms with Crippen molar-refractivity contribution in [1.82, 2.24) is 0 Å². The first kappa shape index (κ1) is 13.8. The minimum Gasteiger partial charge on any atom is -0.367 e. The van der Waals surface area contributed by atoms with Gasteiger partial charge in [-0.25, -0.2) is 0 Å². The number of carbonyl (C=O) groups excluding carboxylic acids is 1. The molecule has 19 heavy (non-hydrogen) atoms. The molecule has 2 nitrogen and oxygen atoms in total. The fourth-order valence-electron chi connectivity index (χ4n) is 1.90. The van der Waals surface area contributed by atoms with E-state index in [1.807, 2.05) is 24.1 Å².